The molecule has 0 aliphatic rings. The van der Waals surface area contributed by atoms with E-state index in [-0.39, 0.29) is 0 Å². The third-order valence-electron chi connectivity index (χ3n) is 2.62. The summed E-state index contributed by atoms with van der Waals surface area (Å²) in [5, 5.41) is 8.06. The molecule has 19 heavy (non-hydrogen) atoms. The Balaban J connectivity index is 1.99. The van der Waals surface area contributed by atoms with E-state index in [1.54, 1.807) is 24.5 Å². The lowest BCUT2D eigenvalue weighted by molar-refractivity contribution is 1.10. The Labute approximate surface area is 119 Å². The summed E-state index contributed by atoms with van der Waals surface area (Å²) in [7, 11) is 0. The molecule has 4 nitrogen and oxygen atoms in total. The highest BCUT2D eigenvalue weighted by atomic mass is 35.5. The molecular weight excluding hydrogens is 283 g/mol. The van der Waals surface area contributed by atoms with E-state index in [9.17, 15) is 0 Å². The summed E-state index contributed by atoms with van der Waals surface area (Å²) in [5.41, 5.74) is 1.74. The van der Waals surface area contributed by atoms with Crippen LogP contribution in [0.5, 0.6) is 0 Å². The Hall–Kier alpha value is -1.91. The average molecular weight is 291 g/mol. The number of aromatic nitrogens is 4. The first kappa shape index (κ1) is 12.1. The SMILES string of the molecule is Clc1ccc(-c2n[nH]c(-c3ccncc3)n2)cc1Cl. The number of hydrogen-bond acceptors (Lipinski definition) is 3. The minimum absolute atomic E-state index is 0.481. The second kappa shape index (κ2) is 4.99. The van der Waals surface area contributed by atoms with Gasteiger partial charge in [0, 0.05) is 23.5 Å². The van der Waals surface area contributed by atoms with Crippen molar-refractivity contribution in [1.29, 1.82) is 0 Å². The van der Waals surface area contributed by atoms with Crippen LogP contribution in [0, 0.1) is 0 Å². The molecular formula is C13H8Cl2N4. The molecule has 0 aliphatic heterocycles. The van der Waals surface area contributed by atoms with Crippen LogP contribution in [-0.4, -0.2) is 20.2 Å². The monoisotopic (exact) mass is 290 g/mol. The molecule has 0 atom stereocenters. The van der Waals surface area contributed by atoms with Gasteiger partial charge in [0.05, 0.1) is 10.0 Å². The molecule has 0 aliphatic carbocycles. The van der Waals surface area contributed by atoms with Gasteiger partial charge in [-0.3, -0.25) is 10.1 Å². The number of rotatable bonds is 2. The molecule has 0 bridgehead atoms. The molecule has 2 heterocycles. The van der Waals surface area contributed by atoms with Gasteiger partial charge in [-0.05, 0) is 30.3 Å². The van der Waals surface area contributed by atoms with Gasteiger partial charge in [-0.25, -0.2) is 4.98 Å². The predicted octanol–water partition coefficient (Wildman–Crippen LogP) is 3.84. The molecule has 3 rings (SSSR count). The van der Waals surface area contributed by atoms with E-state index in [2.05, 4.69) is 20.2 Å². The Morgan fingerprint density at radius 3 is 2.42 bits per heavy atom. The van der Waals surface area contributed by atoms with E-state index in [1.807, 2.05) is 18.2 Å². The molecule has 0 spiro atoms. The van der Waals surface area contributed by atoms with Gasteiger partial charge in [-0.2, -0.15) is 5.10 Å². The minimum atomic E-state index is 0.481. The lowest BCUT2D eigenvalue weighted by atomic mass is 10.2. The second-order valence-corrected chi connectivity index (χ2v) is 4.69. The van der Waals surface area contributed by atoms with Crippen LogP contribution in [0.2, 0.25) is 10.0 Å². The molecule has 0 radical (unpaired) electrons. The van der Waals surface area contributed by atoms with E-state index >= 15 is 0 Å². The van der Waals surface area contributed by atoms with Gasteiger partial charge in [0.15, 0.2) is 11.6 Å². The second-order valence-electron chi connectivity index (χ2n) is 3.87. The topological polar surface area (TPSA) is 54.5 Å². The number of benzene rings is 1. The van der Waals surface area contributed by atoms with Crippen LogP contribution in [0.15, 0.2) is 42.7 Å². The molecule has 0 unspecified atom stereocenters. The number of hydrogen-bond donors (Lipinski definition) is 1. The number of nitrogens with one attached hydrogen (secondary N) is 1. The average Bonchev–Trinajstić information content (AvgIpc) is 2.93. The summed E-state index contributed by atoms with van der Waals surface area (Å²) < 4.78 is 0. The van der Waals surface area contributed by atoms with Crippen LogP contribution in [0.3, 0.4) is 0 Å². The Kier molecular flexibility index (Phi) is 3.19. The van der Waals surface area contributed by atoms with Crippen molar-refractivity contribution in [3.8, 4) is 22.8 Å². The lowest BCUT2D eigenvalue weighted by Gasteiger charge is -1.98. The molecule has 0 saturated heterocycles. The Bertz CT molecular complexity index is 710. The van der Waals surface area contributed by atoms with Crippen molar-refractivity contribution in [2.75, 3.05) is 0 Å². The van der Waals surface area contributed by atoms with Crippen molar-refractivity contribution in [2.24, 2.45) is 0 Å². The third kappa shape index (κ3) is 2.45. The molecule has 0 amide bonds. The van der Waals surface area contributed by atoms with E-state index in [1.165, 1.54) is 0 Å². The smallest absolute Gasteiger partial charge is 0.181 e. The summed E-state index contributed by atoms with van der Waals surface area (Å²) >= 11 is 11.9. The summed E-state index contributed by atoms with van der Waals surface area (Å²) in [5.74, 6) is 1.26. The number of pyridine rings is 1. The lowest BCUT2D eigenvalue weighted by Crippen LogP contribution is -1.82. The highest BCUT2D eigenvalue weighted by molar-refractivity contribution is 6.42. The van der Waals surface area contributed by atoms with E-state index in [4.69, 9.17) is 23.2 Å². The van der Waals surface area contributed by atoms with Gasteiger partial charge < -0.3 is 0 Å². The zero-order chi connectivity index (χ0) is 13.2. The van der Waals surface area contributed by atoms with Crippen molar-refractivity contribution in [3.05, 3.63) is 52.8 Å². The first-order valence-electron chi connectivity index (χ1n) is 5.52. The quantitative estimate of drug-likeness (QED) is 0.780. The molecule has 0 fully saturated rings. The van der Waals surface area contributed by atoms with Crippen molar-refractivity contribution < 1.29 is 0 Å². The summed E-state index contributed by atoms with van der Waals surface area (Å²) in [4.78, 5) is 8.39. The molecule has 3 aromatic rings. The standard InChI is InChI=1S/C13H8Cl2N4/c14-10-2-1-9(7-11(10)15)13-17-12(18-19-13)8-3-5-16-6-4-8/h1-7H,(H,17,18,19). The van der Waals surface area contributed by atoms with Gasteiger partial charge in [0.1, 0.15) is 0 Å². The van der Waals surface area contributed by atoms with Crippen molar-refractivity contribution >= 4 is 23.2 Å². The van der Waals surface area contributed by atoms with Crippen LogP contribution in [-0.2, 0) is 0 Å². The van der Waals surface area contributed by atoms with Gasteiger partial charge in [-0.1, -0.05) is 23.2 Å². The van der Waals surface area contributed by atoms with Crippen LogP contribution < -0.4 is 0 Å². The fourth-order valence-electron chi connectivity index (χ4n) is 1.67. The van der Waals surface area contributed by atoms with Gasteiger partial charge in [0.2, 0.25) is 0 Å². The molecule has 0 saturated carbocycles. The van der Waals surface area contributed by atoms with E-state index < -0.39 is 0 Å². The van der Waals surface area contributed by atoms with Crippen molar-refractivity contribution in [3.63, 3.8) is 0 Å². The molecule has 2 aromatic heterocycles. The highest BCUT2D eigenvalue weighted by Gasteiger charge is 2.09. The molecule has 94 valence electrons. The van der Waals surface area contributed by atoms with Gasteiger partial charge >= 0.3 is 0 Å². The Morgan fingerprint density at radius 2 is 1.68 bits per heavy atom. The summed E-state index contributed by atoms with van der Waals surface area (Å²) in [6, 6.07) is 9.01. The fraction of sp³-hybridized carbons (Fsp3) is 0. The summed E-state index contributed by atoms with van der Waals surface area (Å²) in [6.07, 6.45) is 3.41. The van der Waals surface area contributed by atoms with Crippen molar-refractivity contribution in [2.45, 2.75) is 0 Å². The predicted molar refractivity (Wildman–Crippen MR) is 75.1 cm³/mol. The van der Waals surface area contributed by atoms with Crippen LogP contribution in [0.4, 0.5) is 0 Å². The van der Waals surface area contributed by atoms with Crippen LogP contribution in [0.25, 0.3) is 22.8 Å². The number of nitrogens with zero attached hydrogens (tertiary/aromatic N) is 3. The number of aromatic amines is 1. The first-order valence-corrected chi connectivity index (χ1v) is 6.28. The van der Waals surface area contributed by atoms with E-state index in [0.717, 1.165) is 11.1 Å². The van der Waals surface area contributed by atoms with E-state index in [0.29, 0.717) is 21.7 Å². The van der Waals surface area contributed by atoms with Gasteiger partial charge in [0.25, 0.3) is 0 Å². The molecule has 1 aromatic carbocycles. The van der Waals surface area contributed by atoms with Crippen LogP contribution >= 0.6 is 23.2 Å². The third-order valence-corrected chi connectivity index (χ3v) is 3.36. The summed E-state index contributed by atoms with van der Waals surface area (Å²) in [6.45, 7) is 0. The first-order chi connectivity index (χ1) is 9.24. The highest BCUT2D eigenvalue weighted by Crippen LogP contribution is 2.27. The maximum absolute atomic E-state index is 5.98. The number of halogens is 2. The fourth-order valence-corrected chi connectivity index (χ4v) is 1.96. The largest absolute Gasteiger partial charge is 0.265 e. The number of H-pyrrole nitrogens is 1. The van der Waals surface area contributed by atoms with Crippen molar-refractivity contribution in [1.82, 2.24) is 20.2 Å². The normalized spacial score (nSPS) is 10.6. The molecule has 1 N–H and O–H groups in total. The van der Waals surface area contributed by atoms with Gasteiger partial charge in [-0.15, -0.1) is 0 Å². The maximum Gasteiger partial charge on any atom is 0.181 e. The maximum atomic E-state index is 5.98. The molecule has 6 heteroatoms. The minimum Gasteiger partial charge on any atom is -0.265 e. The van der Waals surface area contributed by atoms with Crippen LogP contribution in [0.1, 0.15) is 0 Å². The zero-order valence-corrected chi connectivity index (χ0v) is 11.2. The zero-order valence-electron chi connectivity index (χ0n) is 9.64. The Morgan fingerprint density at radius 1 is 0.895 bits per heavy atom.